The fourth-order valence-corrected chi connectivity index (χ4v) is 1.66. The second-order valence-electron chi connectivity index (χ2n) is 4.11. The number of nitrogens with zero attached hydrogens (tertiary/aromatic N) is 2. The molecule has 1 rings (SSSR count). The predicted molar refractivity (Wildman–Crippen MR) is 73.2 cm³/mol. The van der Waals surface area contributed by atoms with Crippen LogP contribution in [0, 0.1) is 12.3 Å². The molecule has 0 spiro atoms. The van der Waals surface area contributed by atoms with Gasteiger partial charge in [0.2, 0.25) is 0 Å². The standard InChI is InChI=1S/C12H16ClN3O3/c1-3-5-16-11(19)10(9(13)6-14-16)15-12(4-2,7-17)8-18/h1,6,15,17-18H,4-5,7-8H2,2H3. The van der Waals surface area contributed by atoms with E-state index >= 15 is 0 Å². The SMILES string of the molecule is C#CCn1ncc(Cl)c(NC(CC)(CO)CO)c1=O. The number of halogens is 1. The number of hydrogen-bond acceptors (Lipinski definition) is 5. The second kappa shape index (κ2) is 6.57. The van der Waals surface area contributed by atoms with Crippen molar-refractivity contribution in [2.24, 2.45) is 0 Å². The monoisotopic (exact) mass is 285 g/mol. The first-order chi connectivity index (χ1) is 9.03. The van der Waals surface area contributed by atoms with E-state index in [0.717, 1.165) is 4.68 Å². The first-order valence-corrected chi connectivity index (χ1v) is 6.10. The molecule has 7 heteroatoms. The van der Waals surface area contributed by atoms with Gasteiger partial charge in [0.05, 0.1) is 30.0 Å². The molecule has 1 aromatic heterocycles. The van der Waals surface area contributed by atoms with Crippen molar-refractivity contribution in [1.82, 2.24) is 9.78 Å². The van der Waals surface area contributed by atoms with Crippen LogP contribution in [-0.2, 0) is 6.54 Å². The molecular formula is C12H16ClN3O3. The van der Waals surface area contributed by atoms with E-state index in [0.29, 0.717) is 6.42 Å². The maximum absolute atomic E-state index is 12.1. The zero-order valence-electron chi connectivity index (χ0n) is 10.6. The molecule has 0 fully saturated rings. The number of hydrogen-bond donors (Lipinski definition) is 3. The third-order valence-electron chi connectivity index (χ3n) is 2.91. The maximum Gasteiger partial charge on any atom is 0.292 e. The van der Waals surface area contributed by atoms with Crippen molar-refractivity contribution < 1.29 is 10.2 Å². The van der Waals surface area contributed by atoms with Crippen molar-refractivity contribution in [3.8, 4) is 12.3 Å². The zero-order valence-corrected chi connectivity index (χ0v) is 11.3. The maximum atomic E-state index is 12.1. The Hall–Kier alpha value is -1.55. The molecule has 0 radical (unpaired) electrons. The van der Waals surface area contributed by atoms with Gasteiger partial charge in [0, 0.05) is 0 Å². The average Bonchev–Trinajstić information content (AvgIpc) is 2.43. The first kappa shape index (κ1) is 15.5. The summed E-state index contributed by atoms with van der Waals surface area (Å²) in [6.45, 7) is 1.11. The van der Waals surface area contributed by atoms with Crippen molar-refractivity contribution in [1.29, 1.82) is 0 Å². The van der Waals surface area contributed by atoms with Gasteiger partial charge in [-0.1, -0.05) is 24.4 Å². The van der Waals surface area contributed by atoms with E-state index in [1.54, 1.807) is 6.92 Å². The molecule has 0 saturated heterocycles. The van der Waals surface area contributed by atoms with Gasteiger partial charge in [-0.25, -0.2) is 4.68 Å². The summed E-state index contributed by atoms with van der Waals surface area (Å²) in [7, 11) is 0. The number of aliphatic hydroxyl groups excluding tert-OH is 2. The van der Waals surface area contributed by atoms with Gasteiger partial charge in [-0.2, -0.15) is 5.10 Å². The Morgan fingerprint density at radius 1 is 1.58 bits per heavy atom. The quantitative estimate of drug-likeness (QED) is 0.644. The number of aromatic nitrogens is 2. The lowest BCUT2D eigenvalue weighted by molar-refractivity contribution is 0.132. The van der Waals surface area contributed by atoms with Gasteiger partial charge < -0.3 is 15.5 Å². The predicted octanol–water partition coefficient (Wildman–Crippen LogP) is 0.0752. The van der Waals surface area contributed by atoms with E-state index in [1.165, 1.54) is 6.20 Å². The third-order valence-corrected chi connectivity index (χ3v) is 3.20. The molecule has 0 amide bonds. The van der Waals surface area contributed by atoms with Crippen molar-refractivity contribution in [2.45, 2.75) is 25.4 Å². The minimum absolute atomic E-state index is 0.0159. The van der Waals surface area contributed by atoms with Crippen molar-refractivity contribution in [3.05, 3.63) is 21.6 Å². The second-order valence-corrected chi connectivity index (χ2v) is 4.52. The van der Waals surface area contributed by atoms with Crippen LogP contribution < -0.4 is 10.9 Å². The van der Waals surface area contributed by atoms with Crippen LogP contribution >= 0.6 is 11.6 Å². The van der Waals surface area contributed by atoms with Crippen LogP contribution in [-0.4, -0.2) is 38.7 Å². The Balaban J connectivity index is 3.24. The summed E-state index contributed by atoms with van der Waals surface area (Å²) < 4.78 is 1.07. The molecule has 0 unspecified atom stereocenters. The molecule has 104 valence electrons. The zero-order chi connectivity index (χ0) is 14.5. The Morgan fingerprint density at radius 3 is 2.68 bits per heavy atom. The Bertz CT molecular complexity index is 524. The van der Waals surface area contributed by atoms with Crippen LogP contribution in [0.1, 0.15) is 13.3 Å². The minimum atomic E-state index is -1.02. The number of anilines is 1. The molecule has 1 aromatic rings. The van der Waals surface area contributed by atoms with Crippen LogP contribution in [0.5, 0.6) is 0 Å². The molecule has 0 bridgehead atoms. The van der Waals surface area contributed by atoms with Gasteiger partial charge in [-0.05, 0) is 6.42 Å². The van der Waals surface area contributed by atoms with Gasteiger partial charge in [0.1, 0.15) is 12.2 Å². The summed E-state index contributed by atoms with van der Waals surface area (Å²) in [6.07, 6.45) is 6.84. The first-order valence-electron chi connectivity index (χ1n) is 5.72. The Morgan fingerprint density at radius 2 is 2.21 bits per heavy atom. The van der Waals surface area contributed by atoms with Gasteiger partial charge in [0.25, 0.3) is 5.56 Å². The fourth-order valence-electron chi connectivity index (χ4n) is 1.49. The molecule has 0 aliphatic rings. The van der Waals surface area contributed by atoms with E-state index in [-0.39, 0.29) is 30.5 Å². The average molecular weight is 286 g/mol. The van der Waals surface area contributed by atoms with E-state index in [9.17, 15) is 15.0 Å². The molecule has 3 N–H and O–H groups in total. The molecule has 0 saturated carbocycles. The number of aliphatic hydroxyl groups is 2. The van der Waals surface area contributed by atoms with Crippen molar-refractivity contribution >= 4 is 17.3 Å². The minimum Gasteiger partial charge on any atom is -0.394 e. The highest BCUT2D eigenvalue weighted by atomic mass is 35.5. The van der Waals surface area contributed by atoms with Gasteiger partial charge >= 0.3 is 0 Å². The number of nitrogens with one attached hydrogen (secondary N) is 1. The van der Waals surface area contributed by atoms with E-state index < -0.39 is 11.1 Å². The summed E-state index contributed by atoms with van der Waals surface area (Å²) >= 11 is 5.93. The molecule has 0 aliphatic carbocycles. The van der Waals surface area contributed by atoms with E-state index in [4.69, 9.17) is 18.0 Å². The lowest BCUT2D eigenvalue weighted by Gasteiger charge is -2.30. The van der Waals surface area contributed by atoms with Crippen molar-refractivity contribution in [3.63, 3.8) is 0 Å². The summed E-state index contributed by atoms with van der Waals surface area (Å²) in [5, 5.41) is 25.5. The highest BCUT2D eigenvalue weighted by molar-refractivity contribution is 6.33. The number of rotatable bonds is 6. The molecule has 19 heavy (non-hydrogen) atoms. The summed E-state index contributed by atoms with van der Waals surface area (Å²) in [6, 6.07) is 0. The molecule has 1 heterocycles. The fraction of sp³-hybridized carbons (Fsp3) is 0.500. The molecule has 0 aromatic carbocycles. The highest BCUT2D eigenvalue weighted by Crippen LogP contribution is 2.21. The van der Waals surface area contributed by atoms with Crippen LogP contribution in [0.15, 0.2) is 11.0 Å². The van der Waals surface area contributed by atoms with Gasteiger partial charge in [-0.3, -0.25) is 4.79 Å². The topological polar surface area (TPSA) is 87.4 Å². The lowest BCUT2D eigenvalue weighted by atomic mass is 9.98. The Labute approximate surface area is 116 Å². The normalized spacial score (nSPS) is 11.1. The van der Waals surface area contributed by atoms with Crippen molar-refractivity contribution in [2.75, 3.05) is 18.5 Å². The molecule has 0 atom stereocenters. The van der Waals surface area contributed by atoms with Gasteiger partial charge in [0.15, 0.2) is 0 Å². The smallest absolute Gasteiger partial charge is 0.292 e. The molecule has 0 aliphatic heterocycles. The molecular weight excluding hydrogens is 270 g/mol. The lowest BCUT2D eigenvalue weighted by Crippen LogP contribution is -2.47. The summed E-state index contributed by atoms with van der Waals surface area (Å²) in [5.74, 6) is 2.31. The van der Waals surface area contributed by atoms with E-state index in [1.807, 2.05) is 0 Å². The summed E-state index contributed by atoms with van der Waals surface area (Å²) in [5.41, 5.74) is -1.44. The van der Waals surface area contributed by atoms with Gasteiger partial charge in [-0.15, -0.1) is 6.42 Å². The van der Waals surface area contributed by atoms with Crippen LogP contribution in [0.25, 0.3) is 0 Å². The third kappa shape index (κ3) is 3.26. The summed E-state index contributed by atoms with van der Waals surface area (Å²) in [4.78, 5) is 12.1. The Kier molecular flexibility index (Phi) is 5.36. The highest BCUT2D eigenvalue weighted by Gasteiger charge is 2.28. The van der Waals surface area contributed by atoms with E-state index in [2.05, 4.69) is 16.3 Å². The van der Waals surface area contributed by atoms with Crippen LogP contribution in [0.3, 0.4) is 0 Å². The van der Waals surface area contributed by atoms with Crippen LogP contribution in [0.4, 0.5) is 5.69 Å². The largest absolute Gasteiger partial charge is 0.394 e. The van der Waals surface area contributed by atoms with Crippen LogP contribution in [0.2, 0.25) is 5.02 Å². The number of terminal acetylenes is 1. The molecule has 6 nitrogen and oxygen atoms in total.